The van der Waals surface area contributed by atoms with E-state index in [4.69, 9.17) is 4.74 Å². The fraction of sp³-hybridized carbons (Fsp3) is 0.619. The molecule has 7 heteroatoms. The van der Waals surface area contributed by atoms with E-state index in [0.29, 0.717) is 13.2 Å². The molecule has 0 spiro atoms. The minimum atomic E-state index is 0.0440. The first-order valence-electron chi connectivity index (χ1n) is 10.2. The molecule has 28 heavy (non-hydrogen) atoms. The highest BCUT2D eigenvalue weighted by molar-refractivity contribution is 5.81. The number of para-hydroxylation sites is 1. The fourth-order valence-electron chi connectivity index (χ4n) is 3.51. The summed E-state index contributed by atoms with van der Waals surface area (Å²) < 4.78 is 5.67. The van der Waals surface area contributed by atoms with Crippen LogP contribution in [0.3, 0.4) is 0 Å². The summed E-state index contributed by atoms with van der Waals surface area (Å²) in [5.74, 6) is 1.89. The van der Waals surface area contributed by atoms with Crippen molar-refractivity contribution in [2.24, 2.45) is 4.99 Å². The highest BCUT2D eigenvalue weighted by Crippen LogP contribution is 2.19. The van der Waals surface area contributed by atoms with Crippen molar-refractivity contribution in [3.8, 4) is 5.75 Å². The Morgan fingerprint density at radius 1 is 1.32 bits per heavy atom. The van der Waals surface area contributed by atoms with Crippen LogP contribution in [0.2, 0.25) is 0 Å². The molecule has 0 bridgehead atoms. The number of likely N-dealkylation sites (tertiary alicyclic amines) is 1. The second-order valence-electron chi connectivity index (χ2n) is 7.17. The number of benzene rings is 1. The summed E-state index contributed by atoms with van der Waals surface area (Å²) in [7, 11) is 5.44. The number of guanidine groups is 1. The van der Waals surface area contributed by atoms with Gasteiger partial charge >= 0.3 is 0 Å². The topological polar surface area (TPSA) is 69.2 Å². The molecular formula is C21H35N5O2. The molecule has 2 rings (SSSR count). The number of nitrogens with one attached hydrogen (secondary N) is 2. The summed E-state index contributed by atoms with van der Waals surface area (Å²) in [6.45, 7) is 6.03. The van der Waals surface area contributed by atoms with Gasteiger partial charge in [0.15, 0.2) is 5.96 Å². The van der Waals surface area contributed by atoms with Gasteiger partial charge in [0.25, 0.3) is 0 Å². The SMILES string of the molecule is CCOc1ccccc1CNC(=NC)NCCCN1CCCC1C(=O)N(C)C. The normalized spacial score (nSPS) is 17.4. The maximum Gasteiger partial charge on any atom is 0.239 e. The van der Waals surface area contributed by atoms with Gasteiger partial charge in [-0.25, -0.2) is 0 Å². The van der Waals surface area contributed by atoms with Crippen molar-refractivity contribution in [2.45, 2.75) is 38.8 Å². The lowest BCUT2D eigenvalue weighted by Gasteiger charge is -2.26. The fourth-order valence-corrected chi connectivity index (χ4v) is 3.51. The van der Waals surface area contributed by atoms with Gasteiger partial charge in [0.1, 0.15) is 5.75 Å². The second-order valence-corrected chi connectivity index (χ2v) is 7.17. The summed E-state index contributed by atoms with van der Waals surface area (Å²) in [6.07, 6.45) is 3.03. The molecule has 1 saturated heterocycles. The van der Waals surface area contributed by atoms with Crippen LogP contribution in [0, 0.1) is 0 Å². The third-order valence-electron chi connectivity index (χ3n) is 4.95. The molecule has 2 N–H and O–H groups in total. The van der Waals surface area contributed by atoms with Crippen LogP contribution in [-0.2, 0) is 11.3 Å². The average molecular weight is 390 g/mol. The molecule has 0 saturated carbocycles. The smallest absolute Gasteiger partial charge is 0.239 e. The first kappa shape index (κ1) is 22.0. The molecular weight excluding hydrogens is 354 g/mol. The molecule has 1 aromatic rings. The molecule has 0 radical (unpaired) electrons. The highest BCUT2D eigenvalue weighted by atomic mass is 16.5. The van der Waals surface area contributed by atoms with Crippen LogP contribution in [-0.4, -0.2) is 75.1 Å². The number of nitrogens with zero attached hydrogens (tertiary/aromatic N) is 3. The Hall–Kier alpha value is -2.28. The van der Waals surface area contributed by atoms with E-state index in [1.54, 1.807) is 11.9 Å². The van der Waals surface area contributed by atoms with Gasteiger partial charge in [-0.2, -0.15) is 0 Å². The molecule has 1 fully saturated rings. The summed E-state index contributed by atoms with van der Waals surface area (Å²) in [4.78, 5) is 20.6. The third-order valence-corrected chi connectivity index (χ3v) is 4.95. The minimum absolute atomic E-state index is 0.0440. The largest absolute Gasteiger partial charge is 0.494 e. The number of aliphatic imine (C=N–C) groups is 1. The Morgan fingerprint density at radius 3 is 2.82 bits per heavy atom. The predicted octanol–water partition coefficient (Wildman–Crippen LogP) is 1.69. The molecule has 7 nitrogen and oxygen atoms in total. The van der Waals surface area contributed by atoms with Crippen LogP contribution in [0.1, 0.15) is 31.7 Å². The van der Waals surface area contributed by atoms with Gasteiger partial charge in [-0.1, -0.05) is 18.2 Å². The first-order chi connectivity index (χ1) is 13.6. The van der Waals surface area contributed by atoms with Gasteiger partial charge in [-0.15, -0.1) is 0 Å². The maximum atomic E-state index is 12.3. The molecule has 1 aliphatic heterocycles. The summed E-state index contributed by atoms with van der Waals surface area (Å²) in [5, 5.41) is 6.70. The minimum Gasteiger partial charge on any atom is -0.494 e. The molecule has 1 unspecified atom stereocenters. The van der Waals surface area contributed by atoms with Crippen molar-refractivity contribution in [1.82, 2.24) is 20.4 Å². The van der Waals surface area contributed by atoms with E-state index in [1.807, 2.05) is 39.2 Å². The van der Waals surface area contributed by atoms with Crippen LogP contribution in [0.5, 0.6) is 5.75 Å². The van der Waals surface area contributed by atoms with E-state index in [9.17, 15) is 4.79 Å². The molecule has 1 atom stereocenters. The molecule has 1 amide bonds. The van der Waals surface area contributed by atoms with Gasteiger partial charge in [-0.05, 0) is 38.8 Å². The summed E-state index contributed by atoms with van der Waals surface area (Å²) in [6, 6.07) is 8.08. The Balaban J connectivity index is 1.74. The number of carbonyl (C=O) groups excluding carboxylic acids is 1. The average Bonchev–Trinajstić information content (AvgIpc) is 3.16. The van der Waals surface area contributed by atoms with Gasteiger partial charge < -0.3 is 20.3 Å². The van der Waals surface area contributed by atoms with Crippen LogP contribution >= 0.6 is 0 Å². The zero-order valence-corrected chi connectivity index (χ0v) is 17.7. The van der Waals surface area contributed by atoms with Gasteiger partial charge in [0.2, 0.25) is 5.91 Å². The number of carbonyl (C=O) groups is 1. The molecule has 156 valence electrons. The molecule has 0 aliphatic carbocycles. The molecule has 0 aromatic heterocycles. The zero-order valence-electron chi connectivity index (χ0n) is 17.7. The third kappa shape index (κ3) is 6.41. The van der Waals surface area contributed by atoms with E-state index < -0.39 is 0 Å². The number of amides is 1. The Labute approximate surface area is 169 Å². The van der Waals surface area contributed by atoms with Gasteiger partial charge in [0, 0.05) is 46.3 Å². The Morgan fingerprint density at radius 2 is 2.11 bits per heavy atom. The Kier molecular flexibility index (Phi) is 9.07. The van der Waals surface area contributed by atoms with E-state index in [-0.39, 0.29) is 11.9 Å². The van der Waals surface area contributed by atoms with Crippen molar-refractivity contribution < 1.29 is 9.53 Å². The lowest BCUT2D eigenvalue weighted by Crippen LogP contribution is -2.44. The van der Waals surface area contributed by atoms with Gasteiger partial charge in [-0.3, -0.25) is 14.7 Å². The maximum absolute atomic E-state index is 12.3. The number of likely N-dealkylation sites (N-methyl/N-ethyl adjacent to an activating group) is 1. The zero-order chi connectivity index (χ0) is 20.4. The number of rotatable bonds is 9. The number of hydrogen-bond donors (Lipinski definition) is 2. The first-order valence-corrected chi connectivity index (χ1v) is 10.2. The lowest BCUT2D eigenvalue weighted by atomic mass is 10.2. The van der Waals surface area contributed by atoms with Crippen molar-refractivity contribution >= 4 is 11.9 Å². The van der Waals surface area contributed by atoms with Crippen LogP contribution in [0.25, 0.3) is 0 Å². The summed E-state index contributed by atoms with van der Waals surface area (Å²) >= 11 is 0. The molecule has 1 heterocycles. The van der Waals surface area contributed by atoms with Gasteiger partial charge in [0.05, 0.1) is 12.6 Å². The number of ether oxygens (including phenoxy) is 1. The quantitative estimate of drug-likeness (QED) is 0.382. The highest BCUT2D eigenvalue weighted by Gasteiger charge is 2.30. The van der Waals surface area contributed by atoms with Crippen molar-refractivity contribution in [2.75, 3.05) is 47.4 Å². The van der Waals surface area contributed by atoms with E-state index in [1.165, 1.54) is 0 Å². The lowest BCUT2D eigenvalue weighted by molar-refractivity contribution is -0.133. The van der Waals surface area contributed by atoms with Crippen molar-refractivity contribution in [1.29, 1.82) is 0 Å². The summed E-state index contributed by atoms with van der Waals surface area (Å²) in [5.41, 5.74) is 1.11. The van der Waals surface area contributed by atoms with Crippen LogP contribution in [0.4, 0.5) is 0 Å². The van der Waals surface area contributed by atoms with E-state index >= 15 is 0 Å². The van der Waals surface area contributed by atoms with Crippen molar-refractivity contribution in [3.05, 3.63) is 29.8 Å². The molecule has 1 aromatic carbocycles. The van der Waals surface area contributed by atoms with Crippen molar-refractivity contribution in [3.63, 3.8) is 0 Å². The van der Waals surface area contributed by atoms with Crippen LogP contribution < -0.4 is 15.4 Å². The van der Waals surface area contributed by atoms with E-state index in [2.05, 4.69) is 26.6 Å². The number of hydrogen-bond acceptors (Lipinski definition) is 4. The predicted molar refractivity (Wildman–Crippen MR) is 114 cm³/mol. The second kappa shape index (κ2) is 11.5. The van der Waals surface area contributed by atoms with Crippen LogP contribution in [0.15, 0.2) is 29.3 Å². The van der Waals surface area contributed by atoms with E-state index in [0.717, 1.165) is 56.2 Å². The molecule has 1 aliphatic rings. The standard InChI is InChI=1S/C21H35N5O2/c1-5-28-19-12-7-6-10-17(19)16-24-21(22-2)23-13-9-15-26-14-8-11-18(26)20(27)25(3)4/h6-7,10,12,18H,5,8-9,11,13-16H2,1-4H3,(H2,22,23,24). The Bertz CT molecular complexity index is 647. The monoisotopic (exact) mass is 389 g/mol.